The standard InChI is InChI=1S/C31H47N11O5S/c1-18-8-4-5-15-36-24(43)14-13-22(41-27(46)21(40-26(18)45)11-7-17-38-31(34)35)28(47)39-20(10-6-16-37-30(32)33)25(44)29-42-19-9-2-3-12-23(19)48-29/h2-3,9,12,18,20-22H,4-8,10-11,13-17H2,1H3,(H,36,43)(H,39,47)(H,40,45)(H,41,46)(H4,32,33,37)(H4,34,35,38)/t18-,20+,21-,22?/m0/s1. The van der Waals surface area contributed by atoms with E-state index in [4.69, 9.17) is 22.9 Å². The molecular weight excluding hydrogens is 638 g/mol. The second kappa shape index (κ2) is 19.1. The molecule has 1 saturated heterocycles. The number of aliphatic imine (C=N–C) groups is 2. The van der Waals surface area contributed by atoms with Crippen LogP contribution in [-0.4, -0.2) is 84.1 Å². The van der Waals surface area contributed by atoms with Crippen molar-refractivity contribution in [3.05, 3.63) is 29.3 Å². The number of nitrogens with two attached hydrogens (primary N) is 4. The second-order valence-electron chi connectivity index (χ2n) is 11.7. The van der Waals surface area contributed by atoms with Crippen molar-refractivity contribution in [3.8, 4) is 0 Å². The van der Waals surface area contributed by atoms with Gasteiger partial charge in [0.05, 0.1) is 16.3 Å². The van der Waals surface area contributed by atoms with Gasteiger partial charge in [-0.1, -0.05) is 25.5 Å². The Morgan fingerprint density at radius 1 is 0.979 bits per heavy atom. The minimum atomic E-state index is -1.20. The molecule has 1 aliphatic rings. The lowest BCUT2D eigenvalue weighted by atomic mass is 10.0. The summed E-state index contributed by atoms with van der Waals surface area (Å²) < 4.78 is 0.814. The molecule has 1 aromatic heterocycles. The molecule has 1 aliphatic heterocycles. The Kier molecular flexibility index (Phi) is 15.0. The van der Waals surface area contributed by atoms with Gasteiger partial charge in [-0.15, -0.1) is 11.3 Å². The Morgan fingerprint density at radius 2 is 1.69 bits per heavy atom. The number of hydrogen-bond acceptors (Lipinski definition) is 9. The number of thiazole rings is 1. The number of carbonyl (C=O) groups excluding carboxylic acids is 5. The first-order chi connectivity index (χ1) is 22.9. The number of nitrogens with zero attached hydrogens (tertiary/aromatic N) is 3. The molecule has 1 fully saturated rings. The highest BCUT2D eigenvalue weighted by Crippen LogP contribution is 2.23. The largest absolute Gasteiger partial charge is 0.370 e. The summed E-state index contributed by atoms with van der Waals surface area (Å²) in [4.78, 5) is 79.3. The van der Waals surface area contributed by atoms with Crippen molar-refractivity contribution in [1.29, 1.82) is 0 Å². The molecule has 262 valence electrons. The maximum absolute atomic E-state index is 13.8. The SMILES string of the molecule is C[C@H]1CCCCNC(=O)CCC(C(=O)N[C@H](CCCN=C(N)N)C(=O)c2nc3ccccc3s2)NC(=O)[C@H](CCCN=C(N)N)NC1=O. The summed E-state index contributed by atoms with van der Waals surface area (Å²) in [5.74, 6) is -2.86. The van der Waals surface area contributed by atoms with E-state index >= 15 is 0 Å². The number of hydrogen-bond donors (Lipinski definition) is 8. The minimum absolute atomic E-state index is 0.0511. The maximum Gasteiger partial charge on any atom is 0.243 e. The highest BCUT2D eigenvalue weighted by molar-refractivity contribution is 7.20. The van der Waals surface area contributed by atoms with Gasteiger partial charge in [-0.25, -0.2) is 4.98 Å². The quantitative estimate of drug-likeness (QED) is 0.0628. The van der Waals surface area contributed by atoms with E-state index < -0.39 is 35.7 Å². The number of para-hydroxylation sites is 1. The van der Waals surface area contributed by atoms with Crippen LogP contribution in [0.4, 0.5) is 0 Å². The van der Waals surface area contributed by atoms with Crippen molar-refractivity contribution >= 4 is 62.9 Å². The molecule has 16 nitrogen and oxygen atoms in total. The predicted octanol–water partition coefficient (Wildman–Crippen LogP) is -0.243. The number of nitrogens with one attached hydrogen (secondary N) is 4. The number of benzene rings is 1. The van der Waals surface area contributed by atoms with E-state index in [1.807, 2.05) is 18.2 Å². The second-order valence-corrected chi connectivity index (χ2v) is 12.7. The van der Waals surface area contributed by atoms with Gasteiger partial charge in [0.25, 0.3) is 0 Å². The number of carbonyl (C=O) groups is 5. The smallest absolute Gasteiger partial charge is 0.243 e. The topological polar surface area (TPSA) is 275 Å². The molecule has 0 bridgehead atoms. The van der Waals surface area contributed by atoms with Gasteiger partial charge in [0.15, 0.2) is 16.9 Å². The van der Waals surface area contributed by atoms with E-state index in [2.05, 4.69) is 36.2 Å². The fourth-order valence-corrected chi connectivity index (χ4v) is 6.06. The molecule has 1 aromatic carbocycles. The lowest BCUT2D eigenvalue weighted by molar-refractivity contribution is -0.133. The van der Waals surface area contributed by atoms with Gasteiger partial charge in [-0.2, -0.15) is 0 Å². The Morgan fingerprint density at radius 3 is 2.40 bits per heavy atom. The summed E-state index contributed by atoms with van der Waals surface area (Å²) in [6.07, 6.45) is 2.94. The van der Waals surface area contributed by atoms with E-state index in [-0.39, 0.29) is 73.4 Å². The van der Waals surface area contributed by atoms with Crippen LogP contribution in [0, 0.1) is 5.92 Å². The van der Waals surface area contributed by atoms with Gasteiger partial charge < -0.3 is 44.2 Å². The molecular formula is C31H47N11O5S. The van der Waals surface area contributed by atoms with Crippen LogP contribution in [0.3, 0.4) is 0 Å². The fourth-order valence-electron chi connectivity index (χ4n) is 5.10. The van der Waals surface area contributed by atoms with Gasteiger partial charge in [0.2, 0.25) is 29.4 Å². The third-order valence-corrected chi connectivity index (χ3v) is 8.84. The maximum atomic E-state index is 13.8. The molecule has 0 aliphatic carbocycles. The van der Waals surface area contributed by atoms with Crippen molar-refractivity contribution < 1.29 is 24.0 Å². The van der Waals surface area contributed by atoms with Gasteiger partial charge in [0.1, 0.15) is 12.1 Å². The van der Waals surface area contributed by atoms with E-state index in [1.165, 1.54) is 11.3 Å². The molecule has 0 radical (unpaired) electrons. The number of Topliss-reactive ketones (excluding diaryl/α,β-unsaturated/α-hetero) is 1. The number of rotatable bonds is 12. The number of amides is 4. The van der Waals surface area contributed by atoms with Gasteiger partial charge in [-0.05, 0) is 57.1 Å². The third kappa shape index (κ3) is 12.4. The number of fused-ring (bicyclic) bond motifs is 1. The van der Waals surface area contributed by atoms with Crippen LogP contribution in [0.5, 0.6) is 0 Å². The van der Waals surface area contributed by atoms with Crippen molar-refractivity contribution in [2.45, 2.75) is 82.8 Å². The third-order valence-electron chi connectivity index (χ3n) is 7.79. The van der Waals surface area contributed by atoms with Crippen LogP contribution >= 0.6 is 11.3 Å². The Balaban J connectivity index is 1.86. The van der Waals surface area contributed by atoms with Crippen molar-refractivity contribution in [2.24, 2.45) is 38.8 Å². The first-order valence-electron chi connectivity index (χ1n) is 16.1. The van der Waals surface area contributed by atoms with Crippen LogP contribution in [0.1, 0.15) is 74.5 Å². The molecule has 2 aromatic rings. The molecule has 1 unspecified atom stereocenters. The van der Waals surface area contributed by atoms with Gasteiger partial charge in [0, 0.05) is 32.0 Å². The summed E-state index contributed by atoms with van der Waals surface area (Å²) in [6.45, 7) is 2.64. The van der Waals surface area contributed by atoms with Crippen molar-refractivity contribution in [1.82, 2.24) is 26.3 Å². The van der Waals surface area contributed by atoms with Crippen molar-refractivity contribution in [2.75, 3.05) is 19.6 Å². The lowest BCUT2D eigenvalue weighted by Crippen LogP contribution is -2.56. The Labute approximate surface area is 283 Å². The fraction of sp³-hybridized carbons (Fsp3) is 0.548. The lowest BCUT2D eigenvalue weighted by Gasteiger charge is -2.25. The van der Waals surface area contributed by atoms with Crippen LogP contribution < -0.4 is 44.2 Å². The summed E-state index contributed by atoms with van der Waals surface area (Å²) >= 11 is 1.21. The highest BCUT2D eigenvalue weighted by atomic mass is 32.1. The monoisotopic (exact) mass is 685 g/mol. The number of aromatic nitrogens is 1. The van der Waals surface area contributed by atoms with Crippen LogP contribution in [0.15, 0.2) is 34.3 Å². The molecule has 48 heavy (non-hydrogen) atoms. The van der Waals surface area contributed by atoms with E-state index in [9.17, 15) is 24.0 Å². The van der Waals surface area contributed by atoms with E-state index in [0.717, 1.165) is 4.70 Å². The van der Waals surface area contributed by atoms with Crippen LogP contribution in [0.2, 0.25) is 0 Å². The highest BCUT2D eigenvalue weighted by Gasteiger charge is 2.32. The summed E-state index contributed by atoms with van der Waals surface area (Å²) in [7, 11) is 0. The summed E-state index contributed by atoms with van der Waals surface area (Å²) in [6, 6.07) is 4.07. The number of guanidine groups is 2. The molecule has 4 atom stereocenters. The molecule has 3 rings (SSSR count). The summed E-state index contributed by atoms with van der Waals surface area (Å²) in [5, 5.41) is 11.4. The zero-order chi connectivity index (χ0) is 35.1. The average Bonchev–Trinajstić information content (AvgIpc) is 3.48. The van der Waals surface area contributed by atoms with E-state index in [0.29, 0.717) is 44.2 Å². The molecule has 12 N–H and O–H groups in total. The van der Waals surface area contributed by atoms with Gasteiger partial charge in [-0.3, -0.25) is 34.0 Å². The zero-order valence-corrected chi connectivity index (χ0v) is 28.0. The Hall–Kier alpha value is -4.80. The first-order valence-corrected chi connectivity index (χ1v) is 16.9. The molecule has 0 spiro atoms. The Bertz CT molecular complexity index is 1450. The molecule has 17 heteroatoms. The predicted molar refractivity (Wildman–Crippen MR) is 185 cm³/mol. The number of ketones is 1. The molecule has 4 amide bonds. The minimum Gasteiger partial charge on any atom is -0.370 e. The molecule has 0 saturated carbocycles. The van der Waals surface area contributed by atoms with E-state index in [1.54, 1.807) is 13.0 Å². The molecule has 2 heterocycles. The van der Waals surface area contributed by atoms with Gasteiger partial charge >= 0.3 is 0 Å². The normalized spacial score (nSPS) is 20.2. The first kappa shape index (κ1) is 37.7. The average molecular weight is 686 g/mol. The summed E-state index contributed by atoms with van der Waals surface area (Å²) in [5.41, 5.74) is 22.4. The zero-order valence-electron chi connectivity index (χ0n) is 27.2. The van der Waals surface area contributed by atoms with Crippen molar-refractivity contribution in [3.63, 3.8) is 0 Å². The van der Waals surface area contributed by atoms with Crippen LogP contribution in [-0.2, 0) is 19.2 Å². The van der Waals surface area contributed by atoms with Crippen LogP contribution in [0.25, 0.3) is 10.2 Å².